The average Bonchev–Trinajstić information content (AvgIpc) is 3.32. The number of hydrogen-bond donors (Lipinski definition) is 1. The standard InChI is InChI=1S/C23H25NO4/c25-23(26)18-9-6-16(7-10-18)8-11-19-20(22-13-12-21(19)28-22)14-24-27-15-17-4-2-1-3-5-17/h1-7,9-10,14,19-22H,8,11-13,15H2,(H,25,26)/t19-,20+,21-,22+/m1/s1. The third-order valence-electron chi connectivity index (χ3n) is 5.84. The van der Waals surface area contributed by atoms with Crippen molar-refractivity contribution in [3.63, 3.8) is 0 Å². The number of aryl methyl sites for hydroxylation is 1. The number of benzene rings is 2. The first kappa shape index (κ1) is 18.7. The molecule has 4 rings (SSSR count). The number of aromatic carboxylic acids is 1. The van der Waals surface area contributed by atoms with Crippen molar-refractivity contribution in [3.05, 3.63) is 71.3 Å². The molecular weight excluding hydrogens is 354 g/mol. The molecule has 4 atom stereocenters. The second-order valence-electron chi connectivity index (χ2n) is 7.59. The number of oxime groups is 1. The Labute approximate surface area is 165 Å². The first-order valence-corrected chi connectivity index (χ1v) is 9.88. The molecule has 146 valence electrons. The quantitative estimate of drug-likeness (QED) is 0.548. The van der Waals surface area contributed by atoms with Gasteiger partial charge >= 0.3 is 5.97 Å². The third kappa shape index (κ3) is 4.25. The summed E-state index contributed by atoms with van der Waals surface area (Å²) in [4.78, 5) is 16.5. The lowest BCUT2D eigenvalue weighted by Gasteiger charge is -2.24. The largest absolute Gasteiger partial charge is 0.478 e. The fraction of sp³-hybridized carbons (Fsp3) is 0.391. The van der Waals surface area contributed by atoms with Gasteiger partial charge in [0.25, 0.3) is 0 Å². The van der Waals surface area contributed by atoms with Gasteiger partial charge in [0.1, 0.15) is 6.61 Å². The summed E-state index contributed by atoms with van der Waals surface area (Å²) in [6.07, 6.45) is 6.59. The Hall–Kier alpha value is -2.66. The van der Waals surface area contributed by atoms with Gasteiger partial charge in [-0.15, -0.1) is 0 Å². The molecule has 2 saturated heterocycles. The van der Waals surface area contributed by atoms with Crippen LogP contribution < -0.4 is 0 Å². The summed E-state index contributed by atoms with van der Waals surface area (Å²) in [6, 6.07) is 17.2. The molecule has 2 bridgehead atoms. The van der Waals surface area contributed by atoms with Crippen molar-refractivity contribution >= 4 is 12.2 Å². The minimum atomic E-state index is -0.889. The SMILES string of the molecule is O=C(O)c1ccc(CC[C@@H]2[C@H](C=NOCc3ccccc3)[C@@H]3CC[C@H]2O3)cc1. The van der Waals surface area contributed by atoms with Crippen LogP contribution in [0, 0.1) is 11.8 Å². The highest BCUT2D eigenvalue weighted by Crippen LogP contribution is 2.44. The van der Waals surface area contributed by atoms with Gasteiger partial charge in [0.15, 0.2) is 0 Å². The van der Waals surface area contributed by atoms with Crippen molar-refractivity contribution in [2.24, 2.45) is 17.0 Å². The van der Waals surface area contributed by atoms with Gasteiger partial charge in [-0.3, -0.25) is 0 Å². The molecular formula is C23H25NO4. The van der Waals surface area contributed by atoms with Crippen molar-refractivity contribution in [3.8, 4) is 0 Å². The number of nitrogens with zero attached hydrogens (tertiary/aromatic N) is 1. The molecule has 2 aromatic carbocycles. The van der Waals surface area contributed by atoms with E-state index in [1.165, 1.54) is 0 Å². The second-order valence-corrected chi connectivity index (χ2v) is 7.59. The van der Waals surface area contributed by atoms with E-state index in [9.17, 15) is 4.79 Å². The summed E-state index contributed by atoms with van der Waals surface area (Å²) in [5.74, 6) is -0.172. The zero-order valence-electron chi connectivity index (χ0n) is 15.7. The summed E-state index contributed by atoms with van der Waals surface area (Å²) in [6.45, 7) is 0.472. The Morgan fingerprint density at radius 1 is 1.07 bits per heavy atom. The molecule has 0 unspecified atom stereocenters. The average molecular weight is 379 g/mol. The van der Waals surface area contributed by atoms with Crippen LogP contribution in [-0.4, -0.2) is 29.5 Å². The van der Waals surface area contributed by atoms with Crippen molar-refractivity contribution in [2.75, 3.05) is 0 Å². The molecule has 5 heteroatoms. The maximum absolute atomic E-state index is 11.0. The minimum Gasteiger partial charge on any atom is -0.478 e. The van der Waals surface area contributed by atoms with E-state index in [1.54, 1.807) is 12.1 Å². The first-order valence-electron chi connectivity index (χ1n) is 9.88. The number of carboxylic acid groups (broad SMARTS) is 1. The van der Waals surface area contributed by atoms with E-state index in [1.807, 2.05) is 48.7 Å². The Kier molecular flexibility index (Phi) is 5.72. The van der Waals surface area contributed by atoms with Gasteiger partial charge < -0.3 is 14.7 Å². The lowest BCUT2D eigenvalue weighted by molar-refractivity contribution is 0.0697. The van der Waals surface area contributed by atoms with Crippen LogP contribution in [0.5, 0.6) is 0 Å². The fourth-order valence-electron chi connectivity index (χ4n) is 4.34. The van der Waals surface area contributed by atoms with Crippen LogP contribution in [0.15, 0.2) is 59.8 Å². The van der Waals surface area contributed by atoms with Crippen LogP contribution in [0.1, 0.15) is 40.7 Å². The molecule has 2 aliphatic rings. The molecule has 2 heterocycles. The van der Waals surface area contributed by atoms with Crippen LogP contribution in [0.3, 0.4) is 0 Å². The van der Waals surface area contributed by atoms with Crippen molar-refractivity contribution in [1.82, 2.24) is 0 Å². The number of hydrogen-bond acceptors (Lipinski definition) is 4. The van der Waals surface area contributed by atoms with E-state index >= 15 is 0 Å². The van der Waals surface area contributed by atoms with Gasteiger partial charge in [0, 0.05) is 12.1 Å². The Balaban J connectivity index is 1.33. The van der Waals surface area contributed by atoms with Gasteiger partial charge in [0.2, 0.25) is 0 Å². The summed E-state index contributed by atoms with van der Waals surface area (Å²) in [5.41, 5.74) is 2.58. The molecule has 0 aliphatic carbocycles. The first-order chi connectivity index (χ1) is 13.7. The fourth-order valence-corrected chi connectivity index (χ4v) is 4.34. The zero-order chi connectivity index (χ0) is 19.3. The van der Waals surface area contributed by atoms with Crippen LogP contribution in [-0.2, 0) is 22.6 Å². The molecule has 28 heavy (non-hydrogen) atoms. The Morgan fingerprint density at radius 2 is 1.82 bits per heavy atom. The normalized spacial score (nSPS) is 26.0. The molecule has 5 nitrogen and oxygen atoms in total. The molecule has 0 amide bonds. The maximum atomic E-state index is 11.0. The van der Waals surface area contributed by atoms with Crippen LogP contribution in [0.2, 0.25) is 0 Å². The molecule has 0 spiro atoms. The topological polar surface area (TPSA) is 68.1 Å². The van der Waals surface area contributed by atoms with Crippen molar-refractivity contribution in [1.29, 1.82) is 0 Å². The summed E-state index contributed by atoms with van der Waals surface area (Å²) in [5, 5.41) is 13.3. The number of carboxylic acids is 1. The number of rotatable bonds is 8. The van der Waals surface area contributed by atoms with E-state index < -0.39 is 5.97 Å². The van der Waals surface area contributed by atoms with Crippen LogP contribution in [0.25, 0.3) is 0 Å². The van der Waals surface area contributed by atoms with Gasteiger partial charge in [-0.05, 0) is 54.9 Å². The van der Waals surface area contributed by atoms with Gasteiger partial charge in [-0.2, -0.15) is 0 Å². The number of fused-ring (bicyclic) bond motifs is 2. The molecule has 0 saturated carbocycles. The molecule has 0 radical (unpaired) electrons. The summed E-state index contributed by atoms with van der Waals surface area (Å²) < 4.78 is 6.13. The molecule has 0 aromatic heterocycles. The van der Waals surface area contributed by atoms with E-state index in [0.29, 0.717) is 24.2 Å². The zero-order valence-corrected chi connectivity index (χ0v) is 15.7. The molecule has 2 aromatic rings. The monoisotopic (exact) mass is 379 g/mol. The van der Waals surface area contributed by atoms with E-state index in [4.69, 9.17) is 14.7 Å². The second kappa shape index (κ2) is 8.57. The lowest BCUT2D eigenvalue weighted by atomic mass is 9.77. The highest BCUT2D eigenvalue weighted by atomic mass is 16.6. The third-order valence-corrected chi connectivity index (χ3v) is 5.84. The molecule has 2 fully saturated rings. The maximum Gasteiger partial charge on any atom is 0.335 e. The van der Waals surface area contributed by atoms with E-state index in [-0.39, 0.29) is 12.0 Å². The van der Waals surface area contributed by atoms with Gasteiger partial charge in [-0.1, -0.05) is 47.6 Å². The Morgan fingerprint density at radius 3 is 2.57 bits per heavy atom. The smallest absolute Gasteiger partial charge is 0.335 e. The Bertz CT molecular complexity index is 818. The van der Waals surface area contributed by atoms with E-state index in [2.05, 4.69) is 5.16 Å². The predicted octanol–water partition coefficient (Wildman–Crippen LogP) is 4.31. The lowest BCUT2D eigenvalue weighted by Crippen LogP contribution is -2.28. The van der Waals surface area contributed by atoms with Gasteiger partial charge in [0.05, 0.1) is 17.8 Å². The predicted molar refractivity (Wildman–Crippen MR) is 106 cm³/mol. The summed E-state index contributed by atoms with van der Waals surface area (Å²) in [7, 11) is 0. The number of ether oxygens (including phenoxy) is 1. The van der Waals surface area contributed by atoms with Crippen LogP contribution in [0.4, 0.5) is 0 Å². The van der Waals surface area contributed by atoms with Crippen molar-refractivity contribution in [2.45, 2.75) is 44.5 Å². The highest BCUT2D eigenvalue weighted by molar-refractivity contribution is 5.87. The molecule has 1 N–H and O–H groups in total. The van der Waals surface area contributed by atoms with E-state index in [0.717, 1.165) is 36.8 Å². The van der Waals surface area contributed by atoms with Gasteiger partial charge in [-0.25, -0.2) is 4.79 Å². The van der Waals surface area contributed by atoms with Crippen molar-refractivity contribution < 1.29 is 19.5 Å². The highest BCUT2D eigenvalue weighted by Gasteiger charge is 2.47. The minimum absolute atomic E-state index is 0.244. The molecule has 2 aliphatic heterocycles. The van der Waals surface area contributed by atoms with Crippen LogP contribution >= 0.6 is 0 Å². The number of carbonyl (C=O) groups is 1. The summed E-state index contributed by atoms with van der Waals surface area (Å²) >= 11 is 0.